The molecular weight excluding hydrogens is 403 g/mol. The van der Waals surface area contributed by atoms with Crippen LogP contribution >= 0.6 is 0 Å². The minimum atomic E-state index is -4.59. The van der Waals surface area contributed by atoms with Crippen LogP contribution in [0.15, 0.2) is 54.9 Å². The Morgan fingerprint density at radius 1 is 1.03 bits per heavy atom. The molecule has 152 valence electrons. The van der Waals surface area contributed by atoms with Gasteiger partial charge in [-0.2, -0.15) is 22.6 Å². The quantitative estimate of drug-likeness (QED) is 0.530. The molecule has 0 aliphatic carbocycles. The molecule has 0 saturated carbocycles. The first kappa shape index (κ1) is 19.2. The van der Waals surface area contributed by atoms with Gasteiger partial charge in [0.2, 0.25) is 11.7 Å². The number of amides is 1. The van der Waals surface area contributed by atoms with Crippen molar-refractivity contribution in [1.82, 2.24) is 40.4 Å². The number of carbonyl (C=O) groups excluding carboxylic acids is 1. The van der Waals surface area contributed by atoms with E-state index >= 15 is 0 Å². The van der Waals surface area contributed by atoms with Crippen molar-refractivity contribution in [3.8, 4) is 17.1 Å². The normalized spacial score (nSPS) is 11.4. The van der Waals surface area contributed by atoms with Gasteiger partial charge in [0.25, 0.3) is 0 Å². The van der Waals surface area contributed by atoms with Gasteiger partial charge in [-0.3, -0.25) is 4.79 Å². The molecule has 13 heteroatoms. The lowest BCUT2D eigenvalue weighted by Gasteiger charge is -2.13. The van der Waals surface area contributed by atoms with Crippen LogP contribution in [-0.4, -0.2) is 46.3 Å². The van der Waals surface area contributed by atoms with E-state index in [2.05, 4.69) is 36.3 Å². The zero-order valence-corrected chi connectivity index (χ0v) is 15.0. The van der Waals surface area contributed by atoms with Crippen LogP contribution < -0.4 is 5.32 Å². The van der Waals surface area contributed by atoms with Crippen LogP contribution in [0.5, 0.6) is 0 Å². The second-order valence-corrected chi connectivity index (χ2v) is 6.01. The van der Waals surface area contributed by atoms with Crippen molar-refractivity contribution in [2.75, 3.05) is 5.32 Å². The number of anilines is 1. The highest BCUT2D eigenvalue weighted by Gasteiger charge is 2.33. The molecule has 2 aromatic carbocycles. The van der Waals surface area contributed by atoms with E-state index in [1.807, 2.05) is 0 Å². The largest absolute Gasteiger partial charge is 0.418 e. The number of hydrogen-bond donors (Lipinski definition) is 1. The summed E-state index contributed by atoms with van der Waals surface area (Å²) in [6.07, 6.45) is -3.20. The SMILES string of the molecule is O=C(Cn1nnc(-c2ccccc2-n2cnnn2)n1)Nc1ccccc1C(F)(F)F. The standard InChI is InChI=1S/C17H12F3N9O/c18-17(19,20)12-6-2-3-7-13(12)22-15(30)9-29-24-16(23-26-29)11-5-1-4-8-14(11)28-10-21-25-27-28/h1-8,10H,9H2,(H,22,30). The molecule has 0 fully saturated rings. The maximum Gasteiger partial charge on any atom is 0.418 e. The molecule has 0 radical (unpaired) electrons. The topological polar surface area (TPSA) is 116 Å². The molecular formula is C17H12F3N9O. The molecule has 0 spiro atoms. The van der Waals surface area contributed by atoms with Crippen molar-refractivity contribution in [2.24, 2.45) is 0 Å². The van der Waals surface area contributed by atoms with Crippen LogP contribution in [0, 0.1) is 0 Å². The third-order valence-corrected chi connectivity index (χ3v) is 3.99. The van der Waals surface area contributed by atoms with E-state index in [1.54, 1.807) is 24.3 Å². The van der Waals surface area contributed by atoms with Crippen LogP contribution in [0.25, 0.3) is 17.1 Å². The Morgan fingerprint density at radius 2 is 1.80 bits per heavy atom. The van der Waals surface area contributed by atoms with Gasteiger partial charge >= 0.3 is 6.18 Å². The lowest BCUT2D eigenvalue weighted by atomic mass is 10.1. The Morgan fingerprint density at radius 3 is 2.57 bits per heavy atom. The summed E-state index contributed by atoms with van der Waals surface area (Å²) in [4.78, 5) is 13.2. The molecule has 1 amide bonds. The summed E-state index contributed by atoms with van der Waals surface area (Å²) >= 11 is 0. The van der Waals surface area contributed by atoms with E-state index in [-0.39, 0.29) is 11.5 Å². The summed E-state index contributed by atoms with van der Waals surface area (Å²) in [5.41, 5.74) is -0.148. The Kier molecular flexibility index (Phi) is 4.92. The molecule has 2 heterocycles. The van der Waals surface area contributed by atoms with Crippen molar-refractivity contribution in [3.05, 3.63) is 60.4 Å². The zero-order chi connectivity index (χ0) is 21.1. The molecule has 0 bridgehead atoms. The first-order valence-corrected chi connectivity index (χ1v) is 8.48. The van der Waals surface area contributed by atoms with E-state index in [9.17, 15) is 18.0 Å². The number of alkyl halides is 3. The Hall–Kier alpha value is -4.16. The van der Waals surface area contributed by atoms with Crippen LogP contribution in [0.2, 0.25) is 0 Å². The Balaban J connectivity index is 1.52. The van der Waals surface area contributed by atoms with Gasteiger partial charge in [-0.1, -0.05) is 24.3 Å². The van der Waals surface area contributed by atoms with Crippen molar-refractivity contribution in [2.45, 2.75) is 12.7 Å². The van der Waals surface area contributed by atoms with Crippen molar-refractivity contribution < 1.29 is 18.0 Å². The molecule has 1 N–H and O–H groups in total. The summed E-state index contributed by atoms with van der Waals surface area (Å²) in [5, 5.41) is 25.1. The summed E-state index contributed by atoms with van der Waals surface area (Å²) in [6, 6.07) is 11.7. The van der Waals surface area contributed by atoms with Gasteiger partial charge in [0, 0.05) is 5.56 Å². The highest BCUT2D eigenvalue weighted by atomic mass is 19.4. The van der Waals surface area contributed by atoms with Gasteiger partial charge in [-0.15, -0.1) is 15.3 Å². The Labute approximate surface area is 166 Å². The first-order chi connectivity index (χ1) is 14.4. The average Bonchev–Trinajstić information content (AvgIpc) is 3.40. The van der Waals surface area contributed by atoms with E-state index < -0.39 is 24.2 Å². The maximum absolute atomic E-state index is 13.1. The highest BCUT2D eigenvalue weighted by molar-refractivity contribution is 5.91. The fourth-order valence-electron chi connectivity index (χ4n) is 2.71. The second kappa shape index (κ2) is 7.69. The highest BCUT2D eigenvalue weighted by Crippen LogP contribution is 2.34. The van der Waals surface area contributed by atoms with E-state index in [4.69, 9.17) is 0 Å². The predicted octanol–water partition coefficient (Wildman–Crippen LogP) is 1.97. The van der Waals surface area contributed by atoms with E-state index in [0.717, 1.165) is 10.9 Å². The van der Waals surface area contributed by atoms with Gasteiger partial charge in [-0.05, 0) is 39.9 Å². The summed E-state index contributed by atoms with van der Waals surface area (Å²) in [5.74, 6) is -0.533. The van der Waals surface area contributed by atoms with Gasteiger partial charge in [-0.25, -0.2) is 0 Å². The smallest absolute Gasteiger partial charge is 0.324 e. The molecule has 0 atom stereocenters. The molecule has 0 saturated heterocycles. The summed E-state index contributed by atoms with van der Waals surface area (Å²) in [7, 11) is 0. The lowest BCUT2D eigenvalue weighted by molar-refractivity contribution is -0.137. The van der Waals surface area contributed by atoms with Gasteiger partial charge in [0.05, 0.1) is 16.9 Å². The summed E-state index contributed by atoms with van der Waals surface area (Å²) in [6.45, 7) is -0.424. The predicted molar refractivity (Wildman–Crippen MR) is 96.0 cm³/mol. The average molecular weight is 415 g/mol. The fourth-order valence-corrected chi connectivity index (χ4v) is 2.71. The van der Waals surface area contributed by atoms with Gasteiger partial charge in [0.1, 0.15) is 12.9 Å². The molecule has 10 nitrogen and oxygen atoms in total. The number of para-hydroxylation sites is 2. The number of tetrazole rings is 2. The number of carbonyl (C=O) groups is 1. The van der Waals surface area contributed by atoms with Crippen molar-refractivity contribution in [3.63, 3.8) is 0 Å². The number of hydrogen-bond acceptors (Lipinski definition) is 7. The fraction of sp³-hybridized carbons (Fsp3) is 0.118. The van der Waals surface area contributed by atoms with Gasteiger partial charge < -0.3 is 5.32 Å². The van der Waals surface area contributed by atoms with Crippen LogP contribution in [0.1, 0.15) is 5.56 Å². The number of nitrogens with zero attached hydrogens (tertiary/aromatic N) is 8. The van der Waals surface area contributed by atoms with Crippen molar-refractivity contribution in [1.29, 1.82) is 0 Å². The van der Waals surface area contributed by atoms with Gasteiger partial charge in [0.15, 0.2) is 0 Å². The van der Waals surface area contributed by atoms with Crippen molar-refractivity contribution >= 4 is 11.6 Å². The minimum absolute atomic E-state index is 0.199. The minimum Gasteiger partial charge on any atom is -0.324 e. The number of rotatable bonds is 5. The summed E-state index contributed by atoms with van der Waals surface area (Å²) < 4.78 is 40.6. The number of halogens is 3. The third-order valence-electron chi connectivity index (χ3n) is 3.99. The maximum atomic E-state index is 13.1. The molecule has 0 aliphatic heterocycles. The van der Waals surface area contributed by atoms with Crippen LogP contribution in [0.4, 0.5) is 18.9 Å². The molecule has 2 aromatic heterocycles. The van der Waals surface area contributed by atoms with Crippen LogP contribution in [-0.2, 0) is 17.5 Å². The molecule has 4 rings (SSSR count). The zero-order valence-electron chi connectivity index (χ0n) is 15.0. The third kappa shape index (κ3) is 3.99. The van der Waals surface area contributed by atoms with E-state index in [0.29, 0.717) is 11.3 Å². The molecule has 0 unspecified atom stereocenters. The number of nitrogens with one attached hydrogen (secondary N) is 1. The Bertz CT molecular complexity index is 1170. The molecule has 0 aliphatic rings. The molecule has 30 heavy (non-hydrogen) atoms. The second-order valence-electron chi connectivity index (χ2n) is 6.01. The monoisotopic (exact) mass is 415 g/mol. The van der Waals surface area contributed by atoms with Crippen LogP contribution in [0.3, 0.4) is 0 Å². The number of aromatic nitrogens is 8. The molecule has 4 aromatic rings. The number of benzene rings is 2. The first-order valence-electron chi connectivity index (χ1n) is 8.48. The lowest BCUT2D eigenvalue weighted by Crippen LogP contribution is -2.22. The van der Waals surface area contributed by atoms with E-state index in [1.165, 1.54) is 29.2 Å².